The van der Waals surface area contributed by atoms with E-state index in [0.717, 1.165) is 154 Å². The monoisotopic (exact) mass is 1290 g/mol. The molecule has 5 atom stereocenters. The van der Waals surface area contributed by atoms with Crippen LogP contribution in [0.25, 0.3) is 0 Å². The van der Waals surface area contributed by atoms with Crippen LogP contribution in [0.3, 0.4) is 0 Å². The minimum Gasteiger partial charge on any atom is -0.463 e. The van der Waals surface area contributed by atoms with E-state index in [0.29, 0.717) is 19.3 Å². The average Bonchev–Trinajstić information content (AvgIpc) is 3.72. The van der Waals surface area contributed by atoms with E-state index >= 15 is 0 Å². The van der Waals surface area contributed by atoms with E-state index in [9.17, 15) is 43.5 Å². The fourth-order valence-electron chi connectivity index (χ4n) is 8.82. The number of carbonyl (C=O) groups is 3. The number of allylic oxidation sites excluding steroid dienone is 18. The maximum Gasteiger partial charge on any atom is 0.472 e. The van der Waals surface area contributed by atoms with Crippen LogP contribution < -0.4 is 0 Å². The third kappa shape index (κ3) is 65.5. The summed E-state index contributed by atoms with van der Waals surface area (Å²) in [7, 11) is -9.78. The summed E-state index contributed by atoms with van der Waals surface area (Å²) < 4.78 is 60.8. The van der Waals surface area contributed by atoms with Crippen molar-refractivity contribution in [2.75, 3.05) is 39.6 Å². The molecule has 512 valence electrons. The van der Waals surface area contributed by atoms with Gasteiger partial charge in [0.2, 0.25) is 0 Å². The van der Waals surface area contributed by atoms with Gasteiger partial charge in [0, 0.05) is 19.3 Å². The van der Waals surface area contributed by atoms with Gasteiger partial charge in [-0.25, -0.2) is 9.13 Å². The van der Waals surface area contributed by atoms with Crippen molar-refractivity contribution < 1.29 is 75.8 Å². The highest BCUT2D eigenvalue weighted by molar-refractivity contribution is 7.47. The Morgan fingerprint density at radius 2 is 0.596 bits per heavy atom. The van der Waals surface area contributed by atoms with Crippen LogP contribution in [-0.4, -0.2) is 95.9 Å². The molecule has 0 aliphatic carbocycles. The van der Waals surface area contributed by atoms with Crippen molar-refractivity contribution in [1.29, 1.82) is 0 Å². The summed E-state index contributed by atoms with van der Waals surface area (Å²) in [6.45, 7) is 2.40. The van der Waals surface area contributed by atoms with Crippen LogP contribution in [0.15, 0.2) is 109 Å². The molecule has 0 aliphatic heterocycles. The topological polar surface area (TPSA) is 231 Å². The Labute approximate surface area is 539 Å². The first kappa shape index (κ1) is 85.2. The van der Waals surface area contributed by atoms with Gasteiger partial charge in [0.25, 0.3) is 0 Å². The van der Waals surface area contributed by atoms with Gasteiger partial charge >= 0.3 is 33.6 Å². The van der Waals surface area contributed by atoms with Crippen molar-refractivity contribution in [1.82, 2.24) is 0 Å². The number of phosphoric ester groups is 2. The van der Waals surface area contributed by atoms with Gasteiger partial charge in [-0.3, -0.25) is 32.5 Å². The fourth-order valence-corrected chi connectivity index (χ4v) is 10.4. The first-order valence-corrected chi connectivity index (χ1v) is 37.2. The molecule has 0 saturated carbocycles. The lowest BCUT2D eigenvalue weighted by Gasteiger charge is -2.21. The second-order valence-electron chi connectivity index (χ2n) is 22.6. The van der Waals surface area contributed by atoms with Crippen molar-refractivity contribution in [2.45, 2.75) is 283 Å². The number of carbonyl (C=O) groups excluding carboxylic acids is 3. The molecule has 89 heavy (non-hydrogen) atoms. The first-order valence-electron chi connectivity index (χ1n) is 34.2. The van der Waals surface area contributed by atoms with Crippen LogP contribution in [0.2, 0.25) is 0 Å². The molecule has 0 radical (unpaired) electrons. The van der Waals surface area contributed by atoms with Gasteiger partial charge in [-0.1, -0.05) is 252 Å². The Kier molecular flexibility index (Phi) is 61.6. The van der Waals surface area contributed by atoms with Crippen molar-refractivity contribution in [3.05, 3.63) is 109 Å². The van der Waals surface area contributed by atoms with E-state index in [4.69, 9.17) is 32.3 Å². The van der Waals surface area contributed by atoms with E-state index in [1.165, 1.54) is 51.4 Å². The predicted octanol–water partition coefficient (Wildman–Crippen LogP) is 18.9. The SMILES string of the molecule is CC/C=C\C/C=C\C/C=C\C/C=C\C/C=C\CCCCCCCCCC(=O)OCC(O)COP(=O)(O)OCC(O)COP(=O)(O)OCC(COC(=O)CCCCCC/C=C\C/C=C\C/C=C\C/C=C\CC)OC(=O)CCCCCCCCCCCCCCC. The van der Waals surface area contributed by atoms with E-state index in [1.54, 1.807) is 0 Å². The van der Waals surface area contributed by atoms with Gasteiger partial charge in [-0.2, -0.15) is 0 Å². The normalized spacial score (nSPS) is 14.9. The van der Waals surface area contributed by atoms with Gasteiger partial charge in [0.1, 0.15) is 25.4 Å². The number of aliphatic hydroxyl groups excluding tert-OH is 2. The largest absolute Gasteiger partial charge is 0.472 e. The van der Waals surface area contributed by atoms with E-state index < -0.39 is 91.5 Å². The van der Waals surface area contributed by atoms with Crippen LogP contribution in [-0.2, 0) is 55.8 Å². The Bertz CT molecular complexity index is 2060. The quantitative estimate of drug-likeness (QED) is 0.0146. The van der Waals surface area contributed by atoms with Crippen LogP contribution in [0.1, 0.15) is 265 Å². The van der Waals surface area contributed by atoms with Gasteiger partial charge < -0.3 is 34.2 Å². The Balaban J connectivity index is 4.61. The molecule has 0 aromatic rings. The Morgan fingerprint density at radius 1 is 0.326 bits per heavy atom. The number of hydrogen-bond donors (Lipinski definition) is 4. The second-order valence-corrected chi connectivity index (χ2v) is 25.5. The molecule has 0 amide bonds. The van der Waals surface area contributed by atoms with Gasteiger partial charge in [0.15, 0.2) is 6.10 Å². The highest BCUT2D eigenvalue weighted by Gasteiger charge is 2.29. The molecule has 18 heteroatoms. The summed E-state index contributed by atoms with van der Waals surface area (Å²) in [5.74, 6) is -1.61. The highest BCUT2D eigenvalue weighted by atomic mass is 31.2. The molecule has 0 aromatic carbocycles. The lowest BCUT2D eigenvalue weighted by atomic mass is 10.0. The van der Waals surface area contributed by atoms with Crippen molar-refractivity contribution in [2.24, 2.45) is 0 Å². The molecule has 0 aromatic heterocycles. The van der Waals surface area contributed by atoms with Crippen LogP contribution in [0, 0.1) is 0 Å². The molecule has 5 unspecified atom stereocenters. The lowest BCUT2D eigenvalue weighted by Crippen LogP contribution is -2.30. The maximum absolute atomic E-state index is 12.9. The number of aliphatic hydroxyl groups is 2. The Morgan fingerprint density at radius 3 is 0.944 bits per heavy atom. The summed E-state index contributed by atoms with van der Waals surface area (Å²) in [5.41, 5.74) is 0. The molecule has 0 spiro atoms. The van der Waals surface area contributed by atoms with E-state index in [-0.39, 0.29) is 19.3 Å². The zero-order valence-corrected chi connectivity index (χ0v) is 57.1. The molecule has 0 fully saturated rings. The minimum atomic E-state index is -4.93. The zero-order chi connectivity index (χ0) is 65.3. The predicted molar refractivity (Wildman–Crippen MR) is 362 cm³/mol. The number of rotatable bonds is 64. The van der Waals surface area contributed by atoms with Gasteiger partial charge in [0.05, 0.1) is 26.4 Å². The molecule has 0 bridgehead atoms. The first-order chi connectivity index (χ1) is 43.2. The summed E-state index contributed by atoms with van der Waals surface area (Å²) in [4.78, 5) is 58.3. The summed E-state index contributed by atoms with van der Waals surface area (Å²) in [6.07, 6.45) is 71.4. The summed E-state index contributed by atoms with van der Waals surface area (Å²) in [5, 5.41) is 20.5. The maximum atomic E-state index is 12.9. The average molecular weight is 1290 g/mol. The number of ether oxygens (including phenoxy) is 3. The smallest absolute Gasteiger partial charge is 0.463 e. The molecule has 0 aliphatic rings. The molecule has 0 saturated heterocycles. The van der Waals surface area contributed by atoms with Crippen LogP contribution in [0.5, 0.6) is 0 Å². The van der Waals surface area contributed by atoms with Crippen LogP contribution in [0.4, 0.5) is 0 Å². The highest BCUT2D eigenvalue weighted by Crippen LogP contribution is 2.45. The molecule has 0 rings (SSSR count). The molecular formula is C71H122O16P2. The van der Waals surface area contributed by atoms with E-state index in [2.05, 4.69) is 130 Å². The number of unbranched alkanes of at least 4 members (excludes halogenated alkanes) is 23. The summed E-state index contributed by atoms with van der Waals surface area (Å²) in [6, 6.07) is 0. The molecular weight excluding hydrogens is 1170 g/mol. The third-order valence-corrected chi connectivity index (χ3v) is 15.9. The van der Waals surface area contributed by atoms with Crippen LogP contribution >= 0.6 is 15.6 Å². The standard InChI is InChI=1S/C71H122O16P2/c1-4-7-10-13-16-19-22-25-27-29-30-31-32-33-34-36-38-40-42-45-48-51-54-57-69(74)81-60-66(72)61-83-88(77,78)84-62-67(73)63-85-89(79,80)86-65-68(87-71(76)59-56-53-50-47-44-39-24-21-18-15-12-9-6-3)64-82-70(75)58-55-52-49-46-43-41-37-35-28-26-23-20-17-14-11-8-5-2/h7-8,10-11,16-17,19-20,25-28,30-31,33-34,37,41,66-68,72-73H,4-6,9,12-15,18,21-24,29,32,35-36,38-40,42-65H2,1-3H3,(H,77,78)(H,79,80)/b10-7-,11-8-,19-16-,20-17-,27-25-,28-26-,31-30-,34-33-,41-37-. The van der Waals surface area contributed by atoms with Gasteiger partial charge in [-0.05, 0) is 103 Å². The van der Waals surface area contributed by atoms with Crippen molar-refractivity contribution in [3.8, 4) is 0 Å². The fraction of sp³-hybridized carbons (Fsp3) is 0.704. The van der Waals surface area contributed by atoms with Crippen molar-refractivity contribution in [3.63, 3.8) is 0 Å². The third-order valence-electron chi connectivity index (χ3n) is 14.0. The zero-order valence-electron chi connectivity index (χ0n) is 55.3. The second kappa shape index (κ2) is 64.3. The molecule has 16 nitrogen and oxygen atoms in total. The Hall–Kier alpha value is -3.79. The number of hydrogen-bond acceptors (Lipinski definition) is 14. The number of esters is 3. The summed E-state index contributed by atoms with van der Waals surface area (Å²) >= 11 is 0. The van der Waals surface area contributed by atoms with Crippen molar-refractivity contribution >= 4 is 33.6 Å². The molecule has 4 N–H and O–H groups in total. The molecule has 0 heterocycles. The van der Waals surface area contributed by atoms with Gasteiger partial charge in [-0.15, -0.1) is 0 Å². The van der Waals surface area contributed by atoms with E-state index in [1.807, 2.05) is 0 Å². The lowest BCUT2D eigenvalue weighted by molar-refractivity contribution is -0.161. The number of phosphoric acid groups is 2. The minimum absolute atomic E-state index is 0.100.